The number of hydrogen-bond donors (Lipinski definition) is 2. The third kappa shape index (κ3) is 6.52. The lowest BCUT2D eigenvalue weighted by molar-refractivity contribution is -0.143. The van der Waals surface area contributed by atoms with E-state index in [9.17, 15) is 40.3 Å². The van der Waals surface area contributed by atoms with Crippen LogP contribution >= 0.6 is 0 Å². The molecular formula is C25H26F7N3O2. The normalized spacial score (nSPS) is 20.8. The number of amides is 1. The third-order valence-electron chi connectivity index (χ3n) is 6.98. The van der Waals surface area contributed by atoms with Crippen LogP contribution in [-0.4, -0.2) is 28.9 Å². The molecule has 1 aliphatic carbocycles. The van der Waals surface area contributed by atoms with Crippen molar-refractivity contribution in [3.8, 4) is 0 Å². The number of carbonyl (C=O) groups is 1. The zero-order chi connectivity index (χ0) is 27.0. The Morgan fingerprint density at radius 1 is 1.03 bits per heavy atom. The van der Waals surface area contributed by atoms with Crippen LogP contribution in [0.3, 0.4) is 0 Å². The van der Waals surface area contributed by atoms with E-state index in [4.69, 9.17) is 0 Å². The number of nitrogens with one attached hydrogen (secondary N) is 2. The van der Waals surface area contributed by atoms with Gasteiger partial charge in [-0.15, -0.1) is 0 Å². The van der Waals surface area contributed by atoms with Crippen molar-refractivity contribution in [2.24, 2.45) is 11.3 Å². The van der Waals surface area contributed by atoms with Crippen LogP contribution in [0.15, 0.2) is 35.3 Å². The van der Waals surface area contributed by atoms with Crippen LogP contribution in [0, 0.1) is 11.3 Å². The molecule has 1 amide bonds. The largest absolute Gasteiger partial charge is 0.416 e. The molecule has 1 saturated heterocycles. The Bertz CT molecular complexity index is 1170. The molecule has 4 rings (SSSR count). The van der Waals surface area contributed by atoms with Gasteiger partial charge < -0.3 is 10.3 Å². The number of benzene rings is 1. The van der Waals surface area contributed by atoms with Crippen LogP contribution in [-0.2, 0) is 36.9 Å². The summed E-state index contributed by atoms with van der Waals surface area (Å²) in [5.41, 5.74) is -3.85. The SMILES string of the molecule is O=C(NCc1cc(C(F)(F)F)cc(C(F)(F)F)c1)C1(CC2CC2)CCN(Cc2c[nH]c(=O)c(CF)c2)C1. The first-order chi connectivity index (χ1) is 17.3. The molecule has 1 aliphatic heterocycles. The van der Waals surface area contributed by atoms with Gasteiger partial charge in [0.2, 0.25) is 5.91 Å². The molecule has 1 aromatic carbocycles. The molecule has 2 fully saturated rings. The van der Waals surface area contributed by atoms with Gasteiger partial charge in [0.1, 0.15) is 6.67 Å². The Labute approximate surface area is 208 Å². The molecule has 2 aromatic rings. The Kier molecular flexibility index (Phi) is 7.42. The second-order valence-corrected chi connectivity index (χ2v) is 9.98. The molecule has 2 aliphatic rings. The second kappa shape index (κ2) is 10.1. The van der Waals surface area contributed by atoms with Gasteiger partial charge in [-0.25, -0.2) is 4.39 Å². The van der Waals surface area contributed by atoms with Gasteiger partial charge in [-0.1, -0.05) is 12.8 Å². The van der Waals surface area contributed by atoms with Gasteiger partial charge in [-0.2, -0.15) is 26.3 Å². The summed E-state index contributed by atoms with van der Waals surface area (Å²) in [5, 5.41) is 2.58. The molecule has 12 heteroatoms. The summed E-state index contributed by atoms with van der Waals surface area (Å²) in [6.07, 6.45) is -5.52. The summed E-state index contributed by atoms with van der Waals surface area (Å²) in [6, 6.07) is 2.75. The molecule has 5 nitrogen and oxygen atoms in total. The summed E-state index contributed by atoms with van der Waals surface area (Å²) in [6.45, 7) is -0.186. The summed E-state index contributed by atoms with van der Waals surface area (Å²) in [7, 11) is 0. The highest BCUT2D eigenvalue weighted by Crippen LogP contribution is 2.45. The maximum atomic E-state index is 13.3. The number of hydrogen-bond acceptors (Lipinski definition) is 3. The molecule has 37 heavy (non-hydrogen) atoms. The van der Waals surface area contributed by atoms with Gasteiger partial charge in [0, 0.05) is 31.4 Å². The molecule has 1 unspecified atom stereocenters. The number of alkyl halides is 7. The predicted octanol–water partition coefficient (Wildman–Crippen LogP) is 5.19. The van der Waals surface area contributed by atoms with Crippen LogP contribution in [0.1, 0.15) is 53.5 Å². The molecular weight excluding hydrogens is 507 g/mol. The van der Waals surface area contributed by atoms with Gasteiger partial charge in [0.15, 0.2) is 0 Å². The molecule has 2 heterocycles. The fraction of sp³-hybridized carbons (Fsp3) is 0.520. The fourth-order valence-corrected chi connectivity index (χ4v) is 4.93. The number of pyridine rings is 1. The van der Waals surface area contributed by atoms with E-state index in [1.165, 1.54) is 12.3 Å². The van der Waals surface area contributed by atoms with Crippen molar-refractivity contribution in [3.63, 3.8) is 0 Å². The Balaban J connectivity index is 1.49. The molecule has 202 valence electrons. The van der Waals surface area contributed by atoms with E-state index < -0.39 is 53.6 Å². The summed E-state index contributed by atoms with van der Waals surface area (Å²) in [5.74, 6) is -0.0823. The monoisotopic (exact) mass is 533 g/mol. The summed E-state index contributed by atoms with van der Waals surface area (Å²) < 4.78 is 92.2. The van der Waals surface area contributed by atoms with Gasteiger partial charge in [-0.3, -0.25) is 14.5 Å². The average Bonchev–Trinajstić information content (AvgIpc) is 3.55. The van der Waals surface area contributed by atoms with Gasteiger partial charge >= 0.3 is 12.4 Å². The van der Waals surface area contributed by atoms with Crippen molar-refractivity contribution >= 4 is 5.91 Å². The number of H-pyrrole nitrogens is 1. The first kappa shape index (κ1) is 27.2. The van der Waals surface area contributed by atoms with E-state index in [2.05, 4.69) is 10.3 Å². The Morgan fingerprint density at radius 2 is 1.68 bits per heavy atom. The van der Waals surface area contributed by atoms with E-state index in [0.29, 0.717) is 56.1 Å². The first-order valence-corrected chi connectivity index (χ1v) is 11.8. The van der Waals surface area contributed by atoms with Gasteiger partial charge in [0.05, 0.1) is 16.5 Å². The van der Waals surface area contributed by atoms with E-state index in [0.717, 1.165) is 12.8 Å². The molecule has 0 bridgehead atoms. The number of nitrogens with zero attached hydrogens (tertiary/aromatic N) is 1. The van der Waals surface area contributed by atoms with Crippen molar-refractivity contribution in [2.45, 2.75) is 57.8 Å². The van der Waals surface area contributed by atoms with Crippen LogP contribution in [0.4, 0.5) is 30.7 Å². The van der Waals surface area contributed by atoms with Crippen LogP contribution in [0.5, 0.6) is 0 Å². The van der Waals surface area contributed by atoms with Crippen molar-refractivity contribution in [1.82, 2.24) is 15.2 Å². The first-order valence-electron chi connectivity index (χ1n) is 11.8. The van der Waals surface area contributed by atoms with E-state index in [-0.39, 0.29) is 17.2 Å². The maximum Gasteiger partial charge on any atom is 0.416 e. The van der Waals surface area contributed by atoms with E-state index >= 15 is 0 Å². The summed E-state index contributed by atoms with van der Waals surface area (Å²) in [4.78, 5) is 29.4. The molecule has 0 radical (unpaired) electrons. The van der Waals surface area contributed by atoms with E-state index in [1.807, 2.05) is 4.90 Å². The minimum atomic E-state index is -4.97. The highest BCUT2D eigenvalue weighted by atomic mass is 19.4. The molecule has 1 atom stereocenters. The Morgan fingerprint density at radius 3 is 2.24 bits per heavy atom. The highest BCUT2D eigenvalue weighted by molar-refractivity contribution is 5.83. The molecule has 2 N–H and O–H groups in total. The van der Waals surface area contributed by atoms with Crippen LogP contribution < -0.4 is 10.9 Å². The highest BCUT2D eigenvalue weighted by Gasteiger charge is 2.47. The van der Waals surface area contributed by atoms with Gasteiger partial charge in [0.25, 0.3) is 5.56 Å². The average molecular weight is 533 g/mol. The minimum Gasteiger partial charge on any atom is -0.352 e. The quantitative estimate of drug-likeness (QED) is 0.459. The van der Waals surface area contributed by atoms with Crippen molar-refractivity contribution < 1.29 is 35.5 Å². The Hall–Kier alpha value is -2.89. The zero-order valence-electron chi connectivity index (χ0n) is 19.7. The van der Waals surface area contributed by atoms with Crippen LogP contribution in [0.25, 0.3) is 0 Å². The lowest BCUT2D eigenvalue weighted by Gasteiger charge is -2.29. The minimum absolute atomic E-state index is 0.00185. The van der Waals surface area contributed by atoms with E-state index in [1.54, 1.807) is 0 Å². The standard InChI is InChI=1S/C25H26F7N3O2/c26-10-18-5-17(12-33-21(18)36)13-35-4-3-23(14-35,9-15-1-2-15)22(37)34-11-16-6-19(24(27,28)29)8-20(7-16)25(30,31)32/h5-8,12,15H,1-4,9-11,13-14H2,(H,33,36)(H,34,37). The lowest BCUT2D eigenvalue weighted by atomic mass is 9.80. The number of carbonyl (C=O) groups excluding carboxylic acids is 1. The number of aromatic nitrogens is 1. The number of rotatable bonds is 8. The topological polar surface area (TPSA) is 65.2 Å². The molecule has 1 saturated carbocycles. The lowest BCUT2D eigenvalue weighted by Crippen LogP contribution is -2.43. The third-order valence-corrected chi connectivity index (χ3v) is 6.98. The molecule has 1 aromatic heterocycles. The molecule has 0 spiro atoms. The smallest absolute Gasteiger partial charge is 0.352 e. The number of halogens is 7. The van der Waals surface area contributed by atoms with Crippen molar-refractivity contribution in [2.75, 3.05) is 13.1 Å². The number of likely N-dealkylation sites (tertiary alicyclic amines) is 1. The van der Waals surface area contributed by atoms with Gasteiger partial charge in [-0.05, 0) is 60.7 Å². The van der Waals surface area contributed by atoms with Crippen molar-refractivity contribution in [3.05, 3.63) is 68.6 Å². The van der Waals surface area contributed by atoms with Crippen molar-refractivity contribution in [1.29, 1.82) is 0 Å². The number of aromatic amines is 1. The zero-order valence-corrected chi connectivity index (χ0v) is 19.7. The fourth-order valence-electron chi connectivity index (χ4n) is 4.93. The maximum absolute atomic E-state index is 13.3. The second-order valence-electron chi connectivity index (χ2n) is 9.98. The van der Waals surface area contributed by atoms with Crippen LogP contribution in [0.2, 0.25) is 0 Å². The summed E-state index contributed by atoms with van der Waals surface area (Å²) >= 11 is 0. The predicted molar refractivity (Wildman–Crippen MR) is 120 cm³/mol.